The highest BCUT2D eigenvalue weighted by molar-refractivity contribution is 6.51. The number of carbonyl (C=O) groups excluding carboxylic acids is 2. The molecule has 0 bridgehead atoms. The molecule has 1 aliphatic heterocycles. The molecule has 1 amide bonds. The van der Waals surface area contributed by atoms with Gasteiger partial charge in [-0.2, -0.15) is 0 Å². The number of nitrogens with zero attached hydrogens (tertiary/aromatic N) is 1. The minimum Gasteiger partial charge on any atom is -0.507 e. The van der Waals surface area contributed by atoms with Crippen LogP contribution < -0.4 is 14.4 Å². The first-order valence-corrected chi connectivity index (χ1v) is 10.1. The summed E-state index contributed by atoms with van der Waals surface area (Å²) in [5.41, 5.74) is 2.74. The van der Waals surface area contributed by atoms with Crippen molar-refractivity contribution in [3.05, 3.63) is 95.1 Å². The maximum atomic E-state index is 13.1. The van der Waals surface area contributed by atoms with Crippen molar-refractivity contribution in [2.24, 2.45) is 0 Å². The van der Waals surface area contributed by atoms with E-state index in [-0.39, 0.29) is 11.3 Å². The minimum atomic E-state index is -0.796. The van der Waals surface area contributed by atoms with Crippen LogP contribution in [0.25, 0.3) is 5.76 Å². The first-order valence-electron chi connectivity index (χ1n) is 10.1. The summed E-state index contributed by atoms with van der Waals surface area (Å²) in [7, 11) is 3.12. The summed E-state index contributed by atoms with van der Waals surface area (Å²) in [6.07, 6.45) is 0. The summed E-state index contributed by atoms with van der Waals surface area (Å²) in [5, 5.41) is 11.1. The maximum Gasteiger partial charge on any atom is 0.300 e. The summed E-state index contributed by atoms with van der Waals surface area (Å²) < 4.78 is 10.5. The van der Waals surface area contributed by atoms with Gasteiger partial charge in [-0.3, -0.25) is 14.5 Å². The number of rotatable bonds is 5. The van der Waals surface area contributed by atoms with Crippen molar-refractivity contribution in [1.29, 1.82) is 0 Å². The number of hydrogen-bond acceptors (Lipinski definition) is 5. The van der Waals surface area contributed by atoms with E-state index in [1.54, 1.807) is 74.9 Å². The molecule has 162 valence electrons. The van der Waals surface area contributed by atoms with Crippen molar-refractivity contribution in [2.45, 2.75) is 13.0 Å². The van der Waals surface area contributed by atoms with Crippen LogP contribution in [-0.2, 0) is 9.59 Å². The standard InChI is InChI=1S/C26H23NO5/c1-16-4-6-18(7-5-16)24(28)22-23(17-8-12-20(31-2)13-9-17)27(26(30)25(22)29)19-10-14-21(32-3)15-11-19/h4-15,23,28H,1-3H3/t23-/m0/s1. The number of hydrogen-bond donors (Lipinski definition) is 1. The third-order valence-corrected chi connectivity index (χ3v) is 5.55. The Morgan fingerprint density at radius 3 is 1.88 bits per heavy atom. The number of methoxy groups -OCH3 is 2. The molecule has 1 saturated heterocycles. The second kappa shape index (κ2) is 8.59. The Morgan fingerprint density at radius 1 is 0.812 bits per heavy atom. The predicted octanol–water partition coefficient (Wildman–Crippen LogP) is 4.64. The molecule has 1 aliphatic rings. The lowest BCUT2D eigenvalue weighted by Crippen LogP contribution is -2.29. The number of ether oxygens (including phenoxy) is 2. The van der Waals surface area contributed by atoms with Gasteiger partial charge in [0.2, 0.25) is 0 Å². The Morgan fingerprint density at radius 2 is 1.34 bits per heavy atom. The minimum absolute atomic E-state index is 0.0415. The number of benzene rings is 3. The van der Waals surface area contributed by atoms with Crippen molar-refractivity contribution in [3.63, 3.8) is 0 Å². The van der Waals surface area contributed by atoms with Crippen LogP contribution in [0.2, 0.25) is 0 Å². The van der Waals surface area contributed by atoms with E-state index in [2.05, 4.69) is 0 Å². The van der Waals surface area contributed by atoms with E-state index in [0.717, 1.165) is 5.56 Å². The number of Topliss-reactive ketones (excluding diaryl/α,β-unsaturated/α-hetero) is 1. The van der Waals surface area contributed by atoms with Gasteiger partial charge in [0.25, 0.3) is 11.7 Å². The summed E-state index contributed by atoms with van der Waals surface area (Å²) in [4.78, 5) is 27.7. The van der Waals surface area contributed by atoms with Crippen LogP contribution in [0.3, 0.4) is 0 Å². The first-order chi connectivity index (χ1) is 15.4. The molecule has 1 heterocycles. The Bertz CT molecular complexity index is 1180. The molecule has 32 heavy (non-hydrogen) atoms. The zero-order chi connectivity index (χ0) is 22.8. The van der Waals surface area contributed by atoms with E-state index >= 15 is 0 Å². The fraction of sp³-hybridized carbons (Fsp3) is 0.154. The Labute approximate surface area is 186 Å². The fourth-order valence-corrected chi connectivity index (χ4v) is 3.81. The molecule has 1 N–H and O–H groups in total. The number of aliphatic hydroxyl groups excluding tert-OH is 1. The molecule has 3 aromatic carbocycles. The molecule has 1 atom stereocenters. The molecule has 6 nitrogen and oxygen atoms in total. The van der Waals surface area contributed by atoms with Gasteiger partial charge in [0.05, 0.1) is 25.8 Å². The molecule has 6 heteroatoms. The molecule has 3 aromatic rings. The Hall–Kier alpha value is -4.06. The van der Waals surface area contributed by atoms with Crippen molar-refractivity contribution < 1.29 is 24.2 Å². The predicted molar refractivity (Wildman–Crippen MR) is 122 cm³/mol. The lowest BCUT2D eigenvalue weighted by Gasteiger charge is -2.25. The van der Waals surface area contributed by atoms with Gasteiger partial charge in [-0.15, -0.1) is 0 Å². The van der Waals surface area contributed by atoms with Gasteiger partial charge >= 0.3 is 0 Å². The van der Waals surface area contributed by atoms with Gasteiger partial charge in [-0.05, 0) is 48.9 Å². The molecule has 0 unspecified atom stereocenters. The fourth-order valence-electron chi connectivity index (χ4n) is 3.81. The number of aryl methyl sites for hydroxylation is 1. The Kier molecular flexibility index (Phi) is 5.69. The molecule has 0 saturated carbocycles. The van der Waals surface area contributed by atoms with Crippen molar-refractivity contribution >= 4 is 23.1 Å². The number of carbonyl (C=O) groups is 2. The lowest BCUT2D eigenvalue weighted by atomic mass is 9.95. The van der Waals surface area contributed by atoms with Gasteiger partial charge in [-0.25, -0.2) is 0 Å². The molecule has 1 fully saturated rings. The van der Waals surface area contributed by atoms with E-state index in [1.165, 1.54) is 4.90 Å². The molecule has 0 spiro atoms. The SMILES string of the molecule is COc1ccc([C@H]2C(=C(O)c3ccc(C)cc3)C(=O)C(=O)N2c2ccc(OC)cc2)cc1. The third kappa shape index (κ3) is 3.71. The van der Waals surface area contributed by atoms with Crippen LogP contribution in [0.5, 0.6) is 11.5 Å². The average molecular weight is 429 g/mol. The van der Waals surface area contributed by atoms with Crippen molar-refractivity contribution in [3.8, 4) is 11.5 Å². The van der Waals surface area contributed by atoms with E-state index < -0.39 is 17.7 Å². The highest BCUT2D eigenvalue weighted by atomic mass is 16.5. The summed E-state index contributed by atoms with van der Waals surface area (Å²) >= 11 is 0. The highest BCUT2D eigenvalue weighted by Gasteiger charge is 2.46. The van der Waals surface area contributed by atoms with Gasteiger partial charge in [0, 0.05) is 11.3 Å². The normalized spacial score (nSPS) is 17.5. The number of aliphatic hydroxyl groups is 1. The topological polar surface area (TPSA) is 76.1 Å². The second-order valence-corrected chi connectivity index (χ2v) is 7.51. The van der Waals surface area contributed by atoms with Gasteiger partial charge < -0.3 is 14.6 Å². The molecular formula is C26H23NO5. The van der Waals surface area contributed by atoms with Crippen LogP contribution in [0.15, 0.2) is 78.4 Å². The zero-order valence-electron chi connectivity index (χ0n) is 18.0. The van der Waals surface area contributed by atoms with Gasteiger partial charge in [0.1, 0.15) is 17.3 Å². The van der Waals surface area contributed by atoms with E-state index in [9.17, 15) is 14.7 Å². The zero-order valence-corrected chi connectivity index (χ0v) is 18.0. The van der Waals surface area contributed by atoms with Crippen molar-refractivity contribution in [2.75, 3.05) is 19.1 Å². The largest absolute Gasteiger partial charge is 0.507 e. The van der Waals surface area contributed by atoms with Crippen LogP contribution in [0, 0.1) is 6.92 Å². The molecule has 0 aliphatic carbocycles. The number of amides is 1. The smallest absolute Gasteiger partial charge is 0.300 e. The summed E-state index contributed by atoms with van der Waals surface area (Å²) in [6.45, 7) is 1.93. The average Bonchev–Trinajstić information content (AvgIpc) is 3.09. The third-order valence-electron chi connectivity index (χ3n) is 5.55. The maximum absolute atomic E-state index is 13.1. The van der Waals surface area contributed by atoms with Crippen LogP contribution in [0.1, 0.15) is 22.7 Å². The summed E-state index contributed by atoms with van der Waals surface area (Å²) in [6, 6.07) is 20.3. The van der Waals surface area contributed by atoms with Crippen LogP contribution >= 0.6 is 0 Å². The van der Waals surface area contributed by atoms with E-state index in [0.29, 0.717) is 28.3 Å². The van der Waals surface area contributed by atoms with Gasteiger partial charge in [-0.1, -0.05) is 42.0 Å². The molecule has 0 radical (unpaired) electrons. The van der Waals surface area contributed by atoms with E-state index in [1.807, 2.05) is 19.1 Å². The quantitative estimate of drug-likeness (QED) is 0.363. The Balaban J connectivity index is 1.90. The number of anilines is 1. The lowest BCUT2D eigenvalue weighted by molar-refractivity contribution is -0.132. The molecule has 4 rings (SSSR count). The van der Waals surface area contributed by atoms with Crippen LogP contribution in [-0.4, -0.2) is 31.0 Å². The van der Waals surface area contributed by atoms with Crippen molar-refractivity contribution in [1.82, 2.24) is 0 Å². The molecule has 0 aromatic heterocycles. The van der Waals surface area contributed by atoms with Crippen LogP contribution in [0.4, 0.5) is 5.69 Å². The first kappa shape index (κ1) is 21.2. The number of ketones is 1. The van der Waals surface area contributed by atoms with E-state index in [4.69, 9.17) is 9.47 Å². The highest BCUT2D eigenvalue weighted by Crippen LogP contribution is 2.42. The second-order valence-electron chi connectivity index (χ2n) is 7.51. The summed E-state index contributed by atoms with van der Waals surface area (Å²) in [5.74, 6) is -0.371. The van der Waals surface area contributed by atoms with Gasteiger partial charge in [0.15, 0.2) is 0 Å². The monoisotopic (exact) mass is 429 g/mol. The molecular weight excluding hydrogens is 406 g/mol.